The van der Waals surface area contributed by atoms with E-state index in [1.807, 2.05) is 41.0 Å². The summed E-state index contributed by atoms with van der Waals surface area (Å²) in [5.41, 5.74) is 6.46. The van der Waals surface area contributed by atoms with Gasteiger partial charge in [0.15, 0.2) is 4.80 Å². The fraction of sp³-hybridized carbons (Fsp3) is 0.172. The predicted molar refractivity (Wildman–Crippen MR) is 146 cm³/mol. The Morgan fingerprint density at radius 1 is 1.03 bits per heavy atom. The van der Waals surface area contributed by atoms with Crippen LogP contribution in [0.15, 0.2) is 86.6 Å². The molecule has 1 unspecified atom stereocenters. The number of benzene rings is 3. The number of methoxy groups -OCH3 is 2. The zero-order chi connectivity index (χ0) is 24.8. The number of aryl methyl sites for hydroxylation is 1. The molecule has 2 heterocycles. The molecule has 1 aliphatic heterocycles. The molecule has 0 fully saturated rings. The monoisotopic (exact) mass is 558 g/mol. The fourth-order valence-corrected chi connectivity index (χ4v) is 6.44. The number of thiazole rings is 1. The van der Waals surface area contributed by atoms with E-state index in [0.717, 1.165) is 45.5 Å². The van der Waals surface area contributed by atoms with Crippen LogP contribution in [0, 0.1) is 0 Å². The number of hydrogen-bond acceptors (Lipinski definition) is 5. The Bertz CT molecular complexity index is 1700. The molecule has 3 aromatic carbocycles. The molecule has 1 atom stereocenters. The maximum absolute atomic E-state index is 13.9. The third-order valence-electron chi connectivity index (χ3n) is 6.78. The molecule has 0 saturated heterocycles. The first kappa shape index (κ1) is 23.0. The van der Waals surface area contributed by atoms with E-state index in [-0.39, 0.29) is 11.6 Å². The molecule has 1 aliphatic carbocycles. The SMILES string of the molecule is COc1ccc(C2C3=C(N=c4sc(=Cc5cc(Br)ccc5OC)c(=O)n42)c2ccccc2CC3)cc1. The number of rotatable bonds is 4. The molecule has 1 aromatic heterocycles. The zero-order valence-corrected chi connectivity index (χ0v) is 22.2. The van der Waals surface area contributed by atoms with Crippen LogP contribution in [0.25, 0.3) is 11.8 Å². The molecule has 4 aromatic rings. The first-order chi connectivity index (χ1) is 17.6. The number of hydrogen-bond donors (Lipinski definition) is 0. The standard InChI is InChI=1S/C29H23BrN2O3S/c1-34-21-11-7-18(8-12-21)27-23-13-9-17-5-3-4-6-22(17)26(23)31-29-32(27)28(33)25(36-29)16-19-15-20(30)10-14-24(19)35-2/h3-8,10-12,14-16,27H,9,13H2,1-2H3. The average molecular weight is 559 g/mol. The van der Waals surface area contributed by atoms with Gasteiger partial charge in [0.2, 0.25) is 0 Å². The number of nitrogens with zero attached hydrogens (tertiary/aromatic N) is 2. The Balaban J connectivity index is 1.61. The minimum absolute atomic E-state index is 0.0491. The zero-order valence-electron chi connectivity index (χ0n) is 19.8. The van der Waals surface area contributed by atoms with Crippen molar-refractivity contribution in [1.29, 1.82) is 0 Å². The molecule has 2 aliphatic rings. The second-order valence-electron chi connectivity index (χ2n) is 8.77. The van der Waals surface area contributed by atoms with Gasteiger partial charge in [0.1, 0.15) is 11.5 Å². The predicted octanol–water partition coefficient (Wildman–Crippen LogP) is 5.10. The van der Waals surface area contributed by atoms with Gasteiger partial charge in [0.05, 0.1) is 30.5 Å². The Morgan fingerprint density at radius 3 is 2.61 bits per heavy atom. The topological polar surface area (TPSA) is 52.8 Å². The highest BCUT2D eigenvalue weighted by Crippen LogP contribution is 2.41. The molecule has 180 valence electrons. The molecule has 0 amide bonds. The van der Waals surface area contributed by atoms with Crippen molar-refractivity contribution in [3.8, 4) is 11.5 Å². The summed E-state index contributed by atoms with van der Waals surface area (Å²) in [6, 6.07) is 22.0. The largest absolute Gasteiger partial charge is 0.497 e. The first-order valence-electron chi connectivity index (χ1n) is 11.7. The van der Waals surface area contributed by atoms with Crippen LogP contribution in [-0.2, 0) is 6.42 Å². The maximum atomic E-state index is 13.9. The summed E-state index contributed by atoms with van der Waals surface area (Å²) in [5, 5.41) is 0. The van der Waals surface area contributed by atoms with Crippen LogP contribution < -0.4 is 24.4 Å². The highest BCUT2D eigenvalue weighted by Gasteiger charge is 2.32. The van der Waals surface area contributed by atoms with Crippen molar-refractivity contribution in [3.05, 3.63) is 119 Å². The number of halogens is 1. The number of aromatic nitrogens is 1. The summed E-state index contributed by atoms with van der Waals surface area (Å²) in [6.45, 7) is 0. The normalized spacial score (nSPS) is 16.6. The highest BCUT2D eigenvalue weighted by atomic mass is 79.9. The van der Waals surface area contributed by atoms with Crippen molar-refractivity contribution < 1.29 is 9.47 Å². The Morgan fingerprint density at radius 2 is 1.83 bits per heavy atom. The number of allylic oxidation sites excluding steroid dienone is 1. The third kappa shape index (κ3) is 3.83. The summed E-state index contributed by atoms with van der Waals surface area (Å²) in [6.07, 6.45) is 3.68. The van der Waals surface area contributed by atoms with Crippen LogP contribution in [0.2, 0.25) is 0 Å². The van der Waals surface area contributed by atoms with Crippen molar-refractivity contribution in [3.63, 3.8) is 0 Å². The third-order valence-corrected chi connectivity index (χ3v) is 8.26. The average Bonchev–Trinajstić information content (AvgIpc) is 3.22. The number of ether oxygens (including phenoxy) is 2. The van der Waals surface area contributed by atoms with Gasteiger partial charge in [-0.1, -0.05) is 63.7 Å². The van der Waals surface area contributed by atoms with Gasteiger partial charge in [-0.05, 0) is 65.9 Å². The second kappa shape index (κ2) is 9.22. The molecule has 0 saturated carbocycles. The van der Waals surface area contributed by atoms with Crippen molar-refractivity contribution in [2.45, 2.75) is 18.9 Å². The quantitative estimate of drug-likeness (QED) is 0.350. The Kier molecular flexibility index (Phi) is 5.90. The van der Waals surface area contributed by atoms with Crippen LogP contribution in [0.4, 0.5) is 0 Å². The summed E-state index contributed by atoms with van der Waals surface area (Å²) in [5.74, 6) is 1.50. The van der Waals surface area contributed by atoms with Gasteiger partial charge in [-0.15, -0.1) is 0 Å². The maximum Gasteiger partial charge on any atom is 0.271 e. The minimum Gasteiger partial charge on any atom is -0.497 e. The lowest BCUT2D eigenvalue weighted by atomic mass is 9.83. The van der Waals surface area contributed by atoms with Crippen molar-refractivity contribution in [1.82, 2.24) is 4.57 Å². The van der Waals surface area contributed by atoms with E-state index >= 15 is 0 Å². The molecular formula is C29H23BrN2O3S. The lowest BCUT2D eigenvalue weighted by Gasteiger charge is -2.30. The minimum atomic E-state index is -0.220. The molecule has 6 rings (SSSR count). The van der Waals surface area contributed by atoms with Gasteiger partial charge in [-0.2, -0.15) is 0 Å². The van der Waals surface area contributed by atoms with Crippen LogP contribution in [0.3, 0.4) is 0 Å². The molecule has 0 spiro atoms. The highest BCUT2D eigenvalue weighted by molar-refractivity contribution is 9.10. The molecule has 0 bridgehead atoms. The van der Waals surface area contributed by atoms with Crippen molar-refractivity contribution in [2.75, 3.05) is 14.2 Å². The fourth-order valence-electron chi connectivity index (χ4n) is 5.07. The smallest absolute Gasteiger partial charge is 0.271 e. The molecule has 0 radical (unpaired) electrons. The van der Waals surface area contributed by atoms with E-state index in [0.29, 0.717) is 15.1 Å². The summed E-state index contributed by atoms with van der Waals surface area (Å²) >= 11 is 4.95. The van der Waals surface area contributed by atoms with Gasteiger partial charge in [-0.3, -0.25) is 9.36 Å². The lowest BCUT2D eigenvalue weighted by Crippen LogP contribution is -2.38. The summed E-state index contributed by atoms with van der Waals surface area (Å²) < 4.78 is 14.3. The van der Waals surface area contributed by atoms with Crippen molar-refractivity contribution in [2.24, 2.45) is 4.99 Å². The van der Waals surface area contributed by atoms with E-state index < -0.39 is 0 Å². The van der Waals surface area contributed by atoms with Crippen LogP contribution >= 0.6 is 27.3 Å². The second-order valence-corrected chi connectivity index (χ2v) is 10.7. The van der Waals surface area contributed by atoms with E-state index in [1.54, 1.807) is 14.2 Å². The van der Waals surface area contributed by atoms with E-state index in [4.69, 9.17) is 14.5 Å². The van der Waals surface area contributed by atoms with E-state index in [2.05, 4.69) is 52.3 Å². The summed E-state index contributed by atoms with van der Waals surface area (Å²) in [7, 11) is 3.30. The van der Waals surface area contributed by atoms with Gasteiger partial charge in [0.25, 0.3) is 5.56 Å². The van der Waals surface area contributed by atoms with Crippen LogP contribution in [0.5, 0.6) is 11.5 Å². The molecule has 0 N–H and O–H groups in total. The number of fused-ring (bicyclic) bond motifs is 3. The van der Waals surface area contributed by atoms with Gasteiger partial charge >= 0.3 is 0 Å². The summed E-state index contributed by atoms with van der Waals surface area (Å²) in [4.78, 5) is 19.7. The van der Waals surface area contributed by atoms with Gasteiger partial charge < -0.3 is 9.47 Å². The van der Waals surface area contributed by atoms with Gasteiger partial charge in [-0.25, -0.2) is 4.99 Å². The molecule has 7 heteroatoms. The molecule has 36 heavy (non-hydrogen) atoms. The Labute approximate surface area is 220 Å². The van der Waals surface area contributed by atoms with Gasteiger partial charge in [0, 0.05) is 15.6 Å². The van der Waals surface area contributed by atoms with Crippen LogP contribution in [0.1, 0.15) is 34.7 Å². The molecule has 5 nitrogen and oxygen atoms in total. The lowest BCUT2D eigenvalue weighted by molar-refractivity contribution is 0.413. The van der Waals surface area contributed by atoms with Crippen molar-refractivity contribution >= 4 is 39.0 Å². The van der Waals surface area contributed by atoms with E-state index in [9.17, 15) is 4.79 Å². The van der Waals surface area contributed by atoms with Crippen LogP contribution in [-0.4, -0.2) is 18.8 Å². The first-order valence-corrected chi connectivity index (χ1v) is 13.3. The Hall–Kier alpha value is -3.42. The molecular weight excluding hydrogens is 536 g/mol. The van der Waals surface area contributed by atoms with E-state index in [1.165, 1.54) is 22.5 Å².